The molecule has 0 saturated heterocycles. The Morgan fingerprint density at radius 3 is 2.85 bits per heavy atom. The van der Waals surface area contributed by atoms with Gasteiger partial charge in [-0.1, -0.05) is 29.8 Å². The Kier molecular flexibility index (Phi) is 5.68. The van der Waals surface area contributed by atoms with E-state index in [0.717, 1.165) is 17.9 Å². The lowest BCUT2D eigenvalue weighted by atomic mass is 10.2. The van der Waals surface area contributed by atoms with Crippen LogP contribution >= 0.6 is 11.8 Å². The van der Waals surface area contributed by atoms with Gasteiger partial charge in [0.05, 0.1) is 12.1 Å². The van der Waals surface area contributed by atoms with Crippen molar-refractivity contribution in [3.63, 3.8) is 0 Å². The van der Waals surface area contributed by atoms with E-state index in [1.54, 1.807) is 24.3 Å². The Labute approximate surface area is 123 Å². The molecule has 0 atom stereocenters. The zero-order valence-electron chi connectivity index (χ0n) is 11.6. The second-order valence-electron chi connectivity index (χ2n) is 4.66. The molecule has 0 unspecified atom stereocenters. The van der Waals surface area contributed by atoms with E-state index >= 15 is 0 Å². The number of nitrogens with one attached hydrogen (secondary N) is 2. The maximum absolute atomic E-state index is 11.7. The molecule has 1 aromatic heterocycles. The van der Waals surface area contributed by atoms with Gasteiger partial charge in [-0.2, -0.15) is 0 Å². The van der Waals surface area contributed by atoms with Gasteiger partial charge in [0.15, 0.2) is 0 Å². The fraction of sp³-hybridized carbons (Fsp3) is 0.333. The highest BCUT2D eigenvalue weighted by Gasteiger charge is 2.02. The lowest BCUT2D eigenvalue weighted by molar-refractivity contribution is -0.118. The second-order valence-corrected chi connectivity index (χ2v) is 5.64. The third kappa shape index (κ3) is 5.09. The van der Waals surface area contributed by atoms with Crippen molar-refractivity contribution in [1.82, 2.24) is 15.3 Å². The number of aromatic amines is 1. The molecule has 2 rings (SSSR count). The zero-order valence-corrected chi connectivity index (χ0v) is 12.4. The number of hydrogen-bond acceptors (Lipinski definition) is 3. The van der Waals surface area contributed by atoms with Crippen LogP contribution in [0.1, 0.15) is 16.8 Å². The molecule has 0 saturated carbocycles. The smallest absolute Gasteiger partial charge is 0.230 e. The van der Waals surface area contributed by atoms with E-state index in [-0.39, 0.29) is 5.91 Å². The molecule has 4 nitrogen and oxygen atoms in total. The monoisotopic (exact) mass is 289 g/mol. The van der Waals surface area contributed by atoms with Gasteiger partial charge in [0, 0.05) is 30.6 Å². The van der Waals surface area contributed by atoms with Gasteiger partial charge in [-0.3, -0.25) is 4.79 Å². The summed E-state index contributed by atoms with van der Waals surface area (Å²) in [5, 5.41) is 2.91. The second kappa shape index (κ2) is 7.75. The van der Waals surface area contributed by atoms with Crippen LogP contribution in [0.2, 0.25) is 0 Å². The first-order chi connectivity index (χ1) is 9.74. The molecule has 1 aromatic carbocycles. The third-order valence-electron chi connectivity index (χ3n) is 2.89. The van der Waals surface area contributed by atoms with Crippen LogP contribution in [0.5, 0.6) is 0 Å². The van der Waals surface area contributed by atoms with E-state index in [4.69, 9.17) is 0 Å². The number of carbonyl (C=O) groups excluding carboxylic acids is 1. The molecule has 1 amide bonds. The minimum Gasteiger partial charge on any atom is -0.355 e. The normalized spacial score (nSPS) is 10.4. The number of imidazole rings is 1. The van der Waals surface area contributed by atoms with Gasteiger partial charge in [-0.25, -0.2) is 4.98 Å². The van der Waals surface area contributed by atoms with Gasteiger partial charge in [0.1, 0.15) is 0 Å². The highest BCUT2D eigenvalue weighted by molar-refractivity contribution is 7.99. The average molecular weight is 289 g/mol. The molecule has 0 aliphatic rings. The predicted octanol–water partition coefficient (Wildman–Crippen LogP) is 2.31. The summed E-state index contributed by atoms with van der Waals surface area (Å²) in [4.78, 5) is 18.6. The van der Waals surface area contributed by atoms with Crippen LogP contribution in [0.25, 0.3) is 0 Å². The first-order valence-corrected chi connectivity index (χ1v) is 7.77. The molecule has 1 heterocycles. The number of thioether (sulfide) groups is 1. The minimum atomic E-state index is 0.0848. The SMILES string of the molecule is Cc1ccc(CSCC(=O)NCCc2cnc[nH]2)cc1. The summed E-state index contributed by atoms with van der Waals surface area (Å²) in [6, 6.07) is 8.41. The number of aryl methyl sites for hydroxylation is 1. The summed E-state index contributed by atoms with van der Waals surface area (Å²) < 4.78 is 0. The van der Waals surface area contributed by atoms with Gasteiger partial charge in [-0.15, -0.1) is 11.8 Å². The lowest BCUT2D eigenvalue weighted by Gasteiger charge is -2.05. The molecule has 0 aliphatic heterocycles. The molecular weight excluding hydrogens is 270 g/mol. The summed E-state index contributed by atoms with van der Waals surface area (Å²) in [5.74, 6) is 1.45. The Hall–Kier alpha value is -1.75. The topological polar surface area (TPSA) is 57.8 Å². The Morgan fingerprint density at radius 2 is 2.15 bits per heavy atom. The molecule has 0 radical (unpaired) electrons. The van der Waals surface area contributed by atoms with Crippen LogP contribution in [0.15, 0.2) is 36.8 Å². The molecule has 0 spiro atoms. The van der Waals surface area contributed by atoms with Gasteiger partial charge >= 0.3 is 0 Å². The van der Waals surface area contributed by atoms with E-state index in [1.807, 2.05) is 0 Å². The van der Waals surface area contributed by atoms with Crippen molar-refractivity contribution in [3.8, 4) is 0 Å². The maximum atomic E-state index is 11.7. The van der Waals surface area contributed by atoms with Gasteiger partial charge in [-0.05, 0) is 12.5 Å². The molecule has 2 aromatic rings. The highest BCUT2D eigenvalue weighted by Crippen LogP contribution is 2.12. The minimum absolute atomic E-state index is 0.0848. The first kappa shape index (κ1) is 14.7. The Morgan fingerprint density at radius 1 is 1.35 bits per heavy atom. The van der Waals surface area contributed by atoms with Crippen molar-refractivity contribution >= 4 is 17.7 Å². The van der Waals surface area contributed by atoms with Crippen molar-refractivity contribution < 1.29 is 4.79 Å². The summed E-state index contributed by atoms with van der Waals surface area (Å²) >= 11 is 1.64. The number of aromatic nitrogens is 2. The number of carbonyl (C=O) groups is 1. The molecular formula is C15H19N3OS. The van der Waals surface area contributed by atoms with Crippen LogP contribution in [-0.4, -0.2) is 28.2 Å². The summed E-state index contributed by atoms with van der Waals surface area (Å²) in [5.41, 5.74) is 3.55. The Balaban J connectivity index is 1.59. The average Bonchev–Trinajstić information content (AvgIpc) is 2.94. The van der Waals surface area contributed by atoms with Crippen molar-refractivity contribution in [3.05, 3.63) is 53.6 Å². The molecule has 0 fully saturated rings. The quantitative estimate of drug-likeness (QED) is 0.822. The number of amides is 1. The molecule has 0 bridgehead atoms. The molecule has 106 valence electrons. The van der Waals surface area contributed by atoms with Crippen LogP contribution in [-0.2, 0) is 17.0 Å². The standard InChI is InChI=1S/C15H19N3OS/c1-12-2-4-13(5-3-12)9-20-10-15(19)17-7-6-14-8-16-11-18-14/h2-5,8,11H,6-7,9-10H2,1H3,(H,16,18)(H,17,19). The number of H-pyrrole nitrogens is 1. The third-order valence-corrected chi connectivity index (χ3v) is 3.90. The fourth-order valence-electron chi connectivity index (χ4n) is 1.75. The maximum Gasteiger partial charge on any atom is 0.230 e. The van der Waals surface area contributed by atoms with Crippen LogP contribution < -0.4 is 5.32 Å². The molecule has 20 heavy (non-hydrogen) atoms. The summed E-state index contributed by atoms with van der Waals surface area (Å²) in [6.07, 6.45) is 4.21. The number of hydrogen-bond donors (Lipinski definition) is 2. The van der Waals surface area contributed by atoms with E-state index in [1.165, 1.54) is 11.1 Å². The van der Waals surface area contributed by atoms with Gasteiger partial charge in [0.25, 0.3) is 0 Å². The molecule has 5 heteroatoms. The van der Waals surface area contributed by atoms with Crippen molar-refractivity contribution in [2.45, 2.75) is 19.1 Å². The lowest BCUT2D eigenvalue weighted by Crippen LogP contribution is -2.27. The van der Waals surface area contributed by atoms with E-state index in [9.17, 15) is 4.79 Å². The number of nitrogens with zero attached hydrogens (tertiary/aromatic N) is 1. The number of rotatable bonds is 7. The largest absolute Gasteiger partial charge is 0.355 e. The predicted molar refractivity (Wildman–Crippen MR) is 82.6 cm³/mol. The van der Waals surface area contributed by atoms with Crippen molar-refractivity contribution in [1.29, 1.82) is 0 Å². The van der Waals surface area contributed by atoms with Crippen LogP contribution in [0.3, 0.4) is 0 Å². The fourth-order valence-corrected chi connectivity index (χ4v) is 2.57. The summed E-state index contributed by atoms with van der Waals surface area (Å²) in [6.45, 7) is 2.72. The van der Waals surface area contributed by atoms with Gasteiger partial charge in [0.2, 0.25) is 5.91 Å². The van der Waals surface area contributed by atoms with Crippen molar-refractivity contribution in [2.24, 2.45) is 0 Å². The summed E-state index contributed by atoms with van der Waals surface area (Å²) in [7, 11) is 0. The van der Waals surface area contributed by atoms with Crippen LogP contribution in [0, 0.1) is 6.92 Å². The first-order valence-electron chi connectivity index (χ1n) is 6.61. The van der Waals surface area contributed by atoms with E-state index < -0.39 is 0 Å². The van der Waals surface area contributed by atoms with E-state index in [2.05, 4.69) is 46.5 Å². The Bertz CT molecular complexity index is 523. The highest BCUT2D eigenvalue weighted by atomic mass is 32.2. The van der Waals surface area contributed by atoms with E-state index in [0.29, 0.717) is 12.3 Å². The van der Waals surface area contributed by atoms with Crippen LogP contribution in [0.4, 0.5) is 0 Å². The van der Waals surface area contributed by atoms with Gasteiger partial charge < -0.3 is 10.3 Å². The molecule has 0 aliphatic carbocycles. The number of benzene rings is 1. The molecule has 2 N–H and O–H groups in total. The zero-order chi connectivity index (χ0) is 14.2. The van der Waals surface area contributed by atoms with Crippen molar-refractivity contribution in [2.75, 3.05) is 12.3 Å².